The number of aliphatic carboxylic acids is 1. The molecule has 1 aromatic carbocycles. The summed E-state index contributed by atoms with van der Waals surface area (Å²) in [7, 11) is 0. The van der Waals surface area contributed by atoms with E-state index in [1.54, 1.807) is 0 Å². The number of aromatic nitrogens is 2. The molecule has 2 aromatic rings. The Morgan fingerprint density at radius 1 is 1.47 bits per heavy atom. The summed E-state index contributed by atoms with van der Waals surface area (Å²) in [5.74, 6) is -0.221. The second-order valence-electron chi connectivity index (χ2n) is 4.35. The van der Waals surface area contributed by atoms with Gasteiger partial charge < -0.3 is 15.0 Å². The van der Waals surface area contributed by atoms with E-state index >= 15 is 0 Å². The molecule has 1 saturated heterocycles. The number of carboxylic acids is 1. The number of para-hydroxylation sites is 2. The van der Waals surface area contributed by atoms with Crippen molar-refractivity contribution in [3.05, 3.63) is 24.3 Å². The van der Waals surface area contributed by atoms with E-state index in [-0.39, 0.29) is 5.92 Å². The number of aromatic amines is 1. The van der Waals surface area contributed by atoms with Crippen LogP contribution in [0.2, 0.25) is 0 Å². The summed E-state index contributed by atoms with van der Waals surface area (Å²) in [6.45, 7) is 1.28. The van der Waals surface area contributed by atoms with E-state index in [2.05, 4.69) is 9.97 Å². The maximum Gasteiger partial charge on any atom is 0.308 e. The molecular weight excluding hydrogens is 218 g/mol. The topological polar surface area (TPSA) is 69.2 Å². The number of anilines is 1. The summed E-state index contributed by atoms with van der Waals surface area (Å²) < 4.78 is 0. The fourth-order valence-corrected chi connectivity index (χ4v) is 2.24. The molecule has 1 atom stereocenters. The Morgan fingerprint density at radius 3 is 3.00 bits per heavy atom. The quantitative estimate of drug-likeness (QED) is 0.821. The van der Waals surface area contributed by atoms with Crippen LogP contribution in [0.3, 0.4) is 0 Å². The minimum atomic E-state index is -0.719. The first-order chi connectivity index (χ1) is 8.24. The summed E-state index contributed by atoms with van der Waals surface area (Å²) in [4.78, 5) is 20.6. The molecule has 17 heavy (non-hydrogen) atoms. The molecule has 3 rings (SSSR count). The molecule has 1 aliphatic rings. The molecule has 5 nitrogen and oxygen atoms in total. The predicted octanol–water partition coefficient (Wildman–Crippen LogP) is 1.47. The van der Waals surface area contributed by atoms with Crippen LogP contribution >= 0.6 is 0 Å². The molecule has 0 aliphatic carbocycles. The van der Waals surface area contributed by atoms with Crippen molar-refractivity contribution >= 4 is 23.0 Å². The van der Waals surface area contributed by atoms with Gasteiger partial charge in [0.1, 0.15) is 0 Å². The molecule has 1 fully saturated rings. The molecule has 0 amide bonds. The molecule has 1 aromatic heterocycles. The Morgan fingerprint density at radius 2 is 2.29 bits per heavy atom. The van der Waals surface area contributed by atoms with Crippen molar-refractivity contribution in [3.63, 3.8) is 0 Å². The summed E-state index contributed by atoms with van der Waals surface area (Å²) in [6, 6.07) is 7.81. The van der Waals surface area contributed by atoms with Crippen LogP contribution in [-0.4, -0.2) is 34.1 Å². The van der Waals surface area contributed by atoms with Crippen molar-refractivity contribution in [2.24, 2.45) is 5.92 Å². The average Bonchev–Trinajstić information content (AvgIpc) is 2.95. The zero-order valence-electron chi connectivity index (χ0n) is 9.26. The maximum absolute atomic E-state index is 10.9. The average molecular weight is 231 g/mol. The van der Waals surface area contributed by atoms with Crippen LogP contribution in [-0.2, 0) is 4.79 Å². The van der Waals surface area contributed by atoms with Gasteiger partial charge in [-0.15, -0.1) is 0 Å². The molecule has 2 N–H and O–H groups in total. The van der Waals surface area contributed by atoms with Crippen molar-refractivity contribution in [3.8, 4) is 0 Å². The van der Waals surface area contributed by atoms with Crippen LogP contribution in [0.15, 0.2) is 24.3 Å². The first-order valence-electron chi connectivity index (χ1n) is 5.66. The SMILES string of the molecule is O=C(O)C1CCN(c2nc3ccccc3[nH]2)C1. The standard InChI is InChI=1S/C12H13N3O2/c16-11(17)8-5-6-15(7-8)12-13-9-3-1-2-4-10(9)14-12/h1-4,8H,5-7H2,(H,13,14)(H,16,17). The third kappa shape index (κ3) is 1.73. The van der Waals surface area contributed by atoms with Gasteiger partial charge in [-0.2, -0.15) is 0 Å². The highest BCUT2D eigenvalue weighted by Gasteiger charge is 2.29. The number of nitrogens with zero attached hydrogens (tertiary/aromatic N) is 2. The van der Waals surface area contributed by atoms with Gasteiger partial charge in [-0.25, -0.2) is 4.98 Å². The number of rotatable bonds is 2. The third-order valence-corrected chi connectivity index (χ3v) is 3.21. The zero-order valence-corrected chi connectivity index (χ0v) is 9.26. The van der Waals surface area contributed by atoms with Crippen LogP contribution in [0, 0.1) is 5.92 Å². The van der Waals surface area contributed by atoms with E-state index in [4.69, 9.17) is 5.11 Å². The fourth-order valence-electron chi connectivity index (χ4n) is 2.24. The Bertz CT molecular complexity index is 531. The van der Waals surface area contributed by atoms with Crippen molar-refractivity contribution in [2.75, 3.05) is 18.0 Å². The molecule has 1 unspecified atom stereocenters. The third-order valence-electron chi connectivity index (χ3n) is 3.21. The molecule has 88 valence electrons. The molecule has 0 radical (unpaired) electrons. The van der Waals surface area contributed by atoms with E-state index in [9.17, 15) is 4.79 Å². The second-order valence-corrected chi connectivity index (χ2v) is 4.35. The van der Waals surface area contributed by atoms with Crippen LogP contribution in [0.4, 0.5) is 5.95 Å². The highest BCUT2D eigenvalue weighted by atomic mass is 16.4. The first-order valence-corrected chi connectivity index (χ1v) is 5.66. The largest absolute Gasteiger partial charge is 0.481 e. The van der Waals surface area contributed by atoms with Crippen LogP contribution in [0.1, 0.15) is 6.42 Å². The summed E-state index contributed by atoms with van der Waals surface area (Å²) in [5.41, 5.74) is 1.91. The Balaban J connectivity index is 1.87. The fraction of sp³-hybridized carbons (Fsp3) is 0.333. The monoisotopic (exact) mass is 231 g/mol. The van der Waals surface area contributed by atoms with Gasteiger partial charge in [-0.3, -0.25) is 4.79 Å². The highest BCUT2D eigenvalue weighted by Crippen LogP contribution is 2.23. The number of hydrogen-bond acceptors (Lipinski definition) is 3. The molecule has 0 saturated carbocycles. The van der Waals surface area contributed by atoms with Gasteiger partial charge in [0.05, 0.1) is 17.0 Å². The lowest BCUT2D eigenvalue weighted by Crippen LogP contribution is -2.23. The van der Waals surface area contributed by atoms with Crippen molar-refractivity contribution < 1.29 is 9.90 Å². The minimum Gasteiger partial charge on any atom is -0.481 e. The molecule has 2 heterocycles. The summed E-state index contributed by atoms with van der Waals surface area (Å²) >= 11 is 0. The lowest BCUT2D eigenvalue weighted by atomic mass is 10.1. The van der Waals surface area contributed by atoms with Crippen LogP contribution < -0.4 is 4.90 Å². The smallest absolute Gasteiger partial charge is 0.308 e. The number of H-pyrrole nitrogens is 1. The van der Waals surface area contributed by atoms with E-state index in [0.29, 0.717) is 13.0 Å². The first kappa shape index (κ1) is 10.1. The zero-order chi connectivity index (χ0) is 11.8. The predicted molar refractivity (Wildman–Crippen MR) is 64.0 cm³/mol. The second kappa shape index (κ2) is 3.76. The van der Waals surface area contributed by atoms with Gasteiger partial charge in [-0.1, -0.05) is 12.1 Å². The Labute approximate surface area is 98.1 Å². The van der Waals surface area contributed by atoms with E-state index in [1.165, 1.54) is 0 Å². The van der Waals surface area contributed by atoms with E-state index in [0.717, 1.165) is 23.5 Å². The Kier molecular flexibility index (Phi) is 2.24. The minimum absolute atomic E-state index is 0.275. The van der Waals surface area contributed by atoms with Crippen molar-refractivity contribution in [1.82, 2.24) is 9.97 Å². The number of fused-ring (bicyclic) bond motifs is 1. The molecule has 0 spiro atoms. The highest BCUT2D eigenvalue weighted by molar-refractivity contribution is 5.78. The van der Waals surface area contributed by atoms with Gasteiger partial charge in [0.25, 0.3) is 0 Å². The number of imidazole rings is 1. The van der Waals surface area contributed by atoms with Gasteiger partial charge in [0.2, 0.25) is 5.95 Å². The number of carbonyl (C=O) groups is 1. The molecule has 0 bridgehead atoms. The van der Waals surface area contributed by atoms with Crippen molar-refractivity contribution in [2.45, 2.75) is 6.42 Å². The van der Waals surface area contributed by atoms with Crippen LogP contribution in [0.25, 0.3) is 11.0 Å². The van der Waals surface area contributed by atoms with Gasteiger partial charge >= 0.3 is 5.97 Å². The molecule has 5 heteroatoms. The van der Waals surface area contributed by atoms with Crippen molar-refractivity contribution in [1.29, 1.82) is 0 Å². The summed E-state index contributed by atoms with van der Waals surface area (Å²) in [6.07, 6.45) is 0.687. The molecular formula is C12H13N3O2. The number of hydrogen-bond donors (Lipinski definition) is 2. The molecule has 1 aliphatic heterocycles. The maximum atomic E-state index is 10.9. The lowest BCUT2D eigenvalue weighted by molar-refractivity contribution is -0.140. The van der Waals surface area contributed by atoms with E-state index < -0.39 is 5.97 Å². The Hall–Kier alpha value is -2.04. The lowest BCUT2D eigenvalue weighted by Gasteiger charge is -2.13. The van der Waals surface area contributed by atoms with Gasteiger partial charge in [-0.05, 0) is 18.6 Å². The number of nitrogens with one attached hydrogen (secondary N) is 1. The number of carboxylic acid groups (broad SMARTS) is 1. The van der Waals surface area contributed by atoms with E-state index in [1.807, 2.05) is 29.2 Å². The van der Waals surface area contributed by atoms with Gasteiger partial charge in [0.15, 0.2) is 0 Å². The number of benzene rings is 1. The van der Waals surface area contributed by atoms with Gasteiger partial charge in [0, 0.05) is 13.1 Å². The normalized spacial score (nSPS) is 20.0. The van der Waals surface area contributed by atoms with Crippen LogP contribution in [0.5, 0.6) is 0 Å². The summed E-state index contributed by atoms with van der Waals surface area (Å²) in [5, 5.41) is 8.96.